The topological polar surface area (TPSA) is 50.7 Å². The Balaban J connectivity index is 2.35. The van der Waals surface area contributed by atoms with E-state index in [0.717, 1.165) is 11.3 Å². The Morgan fingerprint density at radius 1 is 1.25 bits per heavy atom. The first kappa shape index (κ1) is 11.1. The first-order valence-corrected chi connectivity index (χ1v) is 5.29. The van der Waals surface area contributed by atoms with Gasteiger partial charge in [-0.3, -0.25) is 0 Å². The Kier molecular flexibility index (Phi) is 3.22. The highest BCUT2D eigenvalue weighted by molar-refractivity contribution is 6.35. The standard InChI is InChI=1S/C10H8Cl2N4/c1-6-8(12)4-7(11)5-9(6)14-10-2-3-13-16-15-10/h2-5H,1H3,(H,13,14,15). The molecule has 2 aromatic rings. The van der Waals surface area contributed by atoms with Crippen molar-refractivity contribution in [2.75, 3.05) is 5.32 Å². The van der Waals surface area contributed by atoms with Crippen molar-refractivity contribution >= 4 is 34.7 Å². The highest BCUT2D eigenvalue weighted by Crippen LogP contribution is 2.29. The molecule has 0 unspecified atom stereocenters. The minimum absolute atomic E-state index is 0.570. The van der Waals surface area contributed by atoms with Gasteiger partial charge in [0.25, 0.3) is 0 Å². The van der Waals surface area contributed by atoms with Crippen LogP contribution in [0, 0.1) is 6.92 Å². The van der Waals surface area contributed by atoms with Crippen molar-refractivity contribution in [1.82, 2.24) is 15.4 Å². The number of benzene rings is 1. The summed E-state index contributed by atoms with van der Waals surface area (Å²) < 4.78 is 0. The zero-order valence-electron chi connectivity index (χ0n) is 8.41. The number of rotatable bonds is 2. The fraction of sp³-hybridized carbons (Fsp3) is 0.100. The summed E-state index contributed by atoms with van der Waals surface area (Å²) in [6, 6.07) is 5.19. The van der Waals surface area contributed by atoms with Crippen LogP contribution < -0.4 is 5.32 Å². The highest BCUT2D eigenvalue weighted by Gasteiger charge is 2.05. The summed E-state index contributed by atoms with van der Waals surface area (Å²) in [7, 11) is 0. The van der Waals surface area contributed by atoms with Gasteiger partial charge in [-0.2, -0.15) is 0 Å². The van der Waals surface area contributed by atoms with Crippen LogP contribution in [-0.2, 0) is 0 Å². The van der Waals surface area contributed by atoms with Crippen LogP contribution in [0.5, 0.6) is 0 Å². The molecule has 0 saturated carbocycles. The summed E-state index contributed by atoms with van der Waals surface area (Å²) >= 11 is 11.9. The second-order valence-electron chi connectivity index (χ2n) is 3.19. The number of anilines is 2. The molecule has 1 N–H and O–H groups in total. The summed E-state index contributed by atoms with van der Waals surface area (Å²) in [6.45, 7) is 1.90. The van der Waals surface area contributed by atoms with Gasteiger partial charge < -0.3 is 5.32 Å². The predicted molar refractivity (Wildman–Crippen MR) is 64.3 cm³/mol. The molecule has 1 heterocycles. The molecule has 2 rings (SSSR count). The van der Waals surface area contributed by atoms with Crippen LogP contribution in [0.2, 0.25) is 10.0 Å². The SMILES string of the molecule is Cc1c(Cl)cc(Cl)cc1Nc1ccnnn1. The van der Waals surface area contributed by atoms with E-state index in [1.807, 2.05) is 6.92 Å². The van der Waals surface area contributed by atoms with Gasteiger partial charge in [-0.1, -0.05) is 23.2 Å². The van der Waals surface area contributed by atoms with Crippen molar-refractivity contribution in [3.8, 4) is 0 Å². The number of halogens is 2. The lowest BCUT2D eigenvalue weighted by Gasteiger charge is -2.09. The third-order valence-electron chi connectivity index (χ3n) is 2.07. The van der Waals surface area contributed by atoms with E-state index in [1.165, 1.54) is 0 Å². The molecule has 0 fully saturated rings. The summed E-state index contributed by atoms with van der Waals surface area (Å²) in [5.74, 6) is 0.594. The molecular weight excluding hydrogens is 247 g/mol. The van der Waals surface area contributed by atoms with Gasteiger partial charge in [0.2, 0.25) is 0 Å². The quantitative estimate of drug-likeness (QED) is 0.894. The fourth-order valence-corrected chi connectivity index (χ4v) is 1.71. The summed E-state index contributed by atoms with van der Waals surface area (Å²) in [4.78, 5) is 0. The molecule has 1 aromatic heterocycles. The maximum atomic E-state index is 6.01. The number of hydrogen-bond donors (Lipinski definition) is 1. The molecule has 0 amide bonds. The minimum atomic E-state index is 0.570. The molecule has 6 heteroatoms. The summed E-state index contributed by atoms with van der Waals surface area (Å²) in [6.07, 6.45) is 1.55. The van der Waals surface area contributed by atoms with E-state index in [1.54, 1.807) is 24.4 Å². The van der Waals surface area contributed by atoms with Crippen molar-refractivity contribution in [2.24, 2.45) is 0 Å². The van der Waals surface area contributed by atoms with Crippen LogP contribution in [0.25, 0.3) is 0 Å². The van der Waals surface area contributed by atoms with Crippen molar-refractivity contribution in [3.63, 3.8) is 0 Å². The van der Waals surface area contributed by atoms with Crippen molar-refractivity contribution in [1.29, 1.82) is 0 Å². The Morgan fingerprint density at radius 2 is 2.06 bits per heavy atom. The molecule has 0 aliphatic rings. The maximum absolute atomic E-state index is 6.01. The molecule has 0 saturated heterocycles. The Morgan fingerprint density at radius 3 is 2.75 bits per heavy atom. The molecule has 0 atom stereocenters. The first-order valence-electron chi connectivity index (χ1n) is 4.54. The van der Waals surface area contributed by atoms with E-state index in [4.69, 9.17) is 23.2 Å². The monoisotopic (exact) mass is 254 g/mol. The number of hydrogen-bond acceptors (Lipinski definition) is 4. The molecule has 4 nitrogen and oxygen atoms in total. The number of nitrogens with one attached hydrogen (secondary N) is 1. The van der Waals surface area contributed by atoms with E-state index in [0.29, 0.717) is 15.9 Å². The van der Waals surface area contributed by atoms with Gasteiger partial charge in [0.1, 0.15) is 0 Å². The first-order chi connectivity index (χ1) is 7.66. The van der Waals surface area contributed by atoms with Gasteiger partial charge in [0.15, 0.2) is 5.82 Å². The van der Waals surface area contributed by atoms with Crippen molar-refractivity contribution in [2.45, 2.75) is 6.92 Å². The fourth-order valence-electron chi connectivity index (χ4n) is 1.22. The van der Waals surface area contributed by atoms with Crippen molar-refractivity contribution in [3.05, 3.63) is 40.0 Å². The van der Waals surface area contributed by atoms with E-state index < -0.39 is 0 Å². The normalized spacial score (nSPS) is 10.2. The van der Waals surface area contributed by atoms with Gasteiger partial charge in [-0.25, -0.2) is 0 Å². The molecule has 1 aromatic carbocycles. The Bertz CT molecular complexity index is 502. The molecular formula is C10H8Cl2N4. The van der Waals surface area contributed by atoms with Gasteiger partial charge in [-0.15, -0.1) is 10.2 Å². The molecule has 0 spiro atoms. The summed E-state index contributed by atoms with van der Waals surface area (Å²) in [5, 5.41) is 15.2. The largest absolute Gasteiger partial charge is 0.338 e. The van der Waals surface area contributed by atoms with E-state index in [9.17, 15) is 0 Å². The van der Waals surface area contributed by atoms with E-state index in [2.05, 4.69) is 20.7 Å². The van der Waals surface area contributed by atoms with Gasteiger partial charge in [0, 0.05) is 21.8 Å². The van der Waals surface area contributed by atoms with Crippen LogP contribution in [0.1, 0.15) is 5.56 Å². The lowest BCUT2D eigenvalue weighted by molar-refractivity contribution is 0.870. The molecule has 0 radical (unpaired) electrons. The smallest absolute Gasteiger partial charge is 0.156 e. The minimum Gasteiger partial charge on any atom is -0.338 e. The van der Waals surface area contributed by atoms with Gasteiger partial charge >= 0.3 is 0 Å². The molecule has 82 valence electrons. The molecule has 0 aliphatic heterocycles. The van der Waals surface area contributed by atoms with Crippen molar-refractivity contribution < 1.29 is 0 Å². The summed E-state index contributed by atoms with van der Waals surface area (Å²) in [5.41, 5.74) is 1.71. The number of aromatic nitrogens is 3. The third kappa shape index (κ3) is 2.40. The average molecular weight is 255 g/mol. The van der Waals surface area contributed by atoms with E-state index >= 15 is 0 Å². The van der Waals surface area contributed by atoms with Gasteiger partial charge in [0.05, 0.1) is 6.20 Å². The van der Waals surface area contributed by atoms with E-state index in [-0.39, 0.29) is 0 Å². The lowest BCUT2D eigenvalue weighted by atomic mass is 10.2. The predicted octanol–water partition coefficient (Wildman–Crippen LogP) is 3.23. The second kappa shape index (κ2) is 4.63. The van der Waals surface area contributed by atoms with Crippen LogP contribution in [-0.4, -0.2) is 15.4 Å². The zero-order valence-corrected chi connectivity index (χ0v) is 9.92. The Labute approximate surface area is 103 Å². The van der Waals surface area contributed by atoms with Crippen LogP contribution in [0.4, 0.5) is 11.5 Å². The molecule has 0 bridgehead atoms. The van der Waals surface area contributed by atoms with Gasteiger partial charge in [-0.05, 0) is 29.8 Å². The zero-order chi connectivity index (χ0) is 11.5. The highest BCUT2D eigenvalue weighted by atomic mass is 35.5. The molecule has 16 heavy (non-hydrogen) atoms. The maximum Gasteiger partial charge on any atom is 0.156 e. The average Bonchev–Trinajstić information content (AvgIpc) is 2.27. The van der Waals surface area contributed by atoms with Crippen LogP contribution in [0.15, 0.2) is 24.4 Å². The second-order valence-corrected chi connectivity index (χ2v) is 4.03. The molecule has 0 aliphatic carbocycles. The Hall–Kier alpha value is -1.39. The lowest BCUT2D eigenvalue weighted by Crippen LogP contribution is -1.98. The van der Waals surface area contributed by atoms with Crippen LogP contribution in [0.3, 0.4) is 0 Å². The van der Waals surface area contributed by atoms with Crippen LogP contribution >= 0.6 is 23.2 Å². The third-order valence-corrected chi connectivity index (χ3v) is 2.69. The number of nitrogens with zero attached hydrogens (tertiary/aromatic N) is 3.